The Balaban J connectivity index is 1.99. The predicted molar refractivity (Wildman–Crippen MR) is 71.4 cm³/mol. The molecule has 7 heteroatoms. The Bertz CT molecular complexity index is 736. The largest absolute Gasteiger partial charge is 0.490 e. The maximum atomic E-state index is 10.8. The molecule has 1 aliphatic rings. The van der Waals surface area contributed by atoms with E-state index >= 15 is 0 Å². The van der Waals surface area contributed by atoms with Crippen molar-refractivity contribution in [1.29, 1.82) is 0 Å². The van der Waals surface area contributed by atoms with Gasteiger partial charge in [-0.1, -0.05) is 24.3 Å². The fraction of sp³-hybridized carbons (Fsp3) is 0.231. The highest BCUT2D eigenvalue weighted by atomic mass is 32.3. The number of ether oxygens (including phenoxy) is 2. The van der Waals surface area contributed by atoms with Gasteiger partial charge in [-0.2, -0.15) is 8.42 Å². The van der Waals surface area contributed by atoms with Gasteiger partial charge in [0.1, 0.15) is 18.5 Å². The van der Waals surface area contributed by atoms with Crippen LogP contribution in [0.2, 0.25) is 0 Å². The molecule has 0 saturated carbocycles. The van der Waals surface area contributed by atoms with Gasteiger partial charge in [-0.3, -0.25) is 4.55 Å². The third-order valence-corrected chi connectivity index (χ3v) is 3.26. The average Bonchev–Trinajstić information content (AvgIpc) is 3.20. The van der Waals surface area contributed by atoms with Crippen molar-refractivity contribution >= 4 is 21.2 Å². The van der Waals surface area contributed by atoms with Gasteiger partial charge in [0.2, 0.25) is 0 Å². The van der Waals surface area contributed by atoms with Crippen LogP contribution in [-0.4, -0.2) is 32.3 Å². The van der Waals surface area contributed by atoms with E-state index in [9.17, 15) is 8.42 Å². The molecular formula is C13H12O6S. The molecule has 1 N–H and O–H groups in total. The molecule has 0 aromatic heterocycles. The summed E-state index contributed by atoms with van der Waals surface area (Å²) in [5.74, 6) is 0.664. The zero-order chi connectivity index (χ0) is 14.2. The number of hydrogen-bond donors (Lipinski definition) is 1. The van der Waals surface area contributed by atoms with Gasteiger partial charge in [-0.25, -0.2) is 0 Å². The van der Waals surface area contributed by atoms with E-state index in [1.54, 1.807) is 30.3 Å². The van der Waals surface area contributed by atoms with Gasteiger partial charge in [0.15, 0.2) is 5.75 Å². The summed E-state index contributed by atoms with van der Waals surface area (Å²) in [7, 11) is -4.56. The Kier molecular flexibility index (Phi) is 3.25. The zero-order valence-electron chi connectivity index (χ0n) is 10.4. The summed E-state index contributed by atoms with van der Waals surface area (Å²) >= 11 is 0. The molecule has 1 heterocycles. The molecule has 20 heavy (non-hydrogen) atoms. The summed E-state index contributed by atoms with van der Waals surface area (Å²) in [6.07, 6.45) is 0.127. The molecule has 3 rings (SSSR count). The second-order valence-electron chi connectivity index (χ2n) is 4.38. The minimum atomic E-state index is -4.56. The molecule has 6 nitrogen and oxygen atoms in total. The molecule has 1 aliphatic heterocycles. The standard InChI is InChI=1S/C13H12O6S/c14-20(15,16)19-13-6-5-12(18-8-9-7-17-9)10-3-1-2-4-11(10)13/h1-6,9H,7-8H2,(H,14,15,16)/t9-/m1/s1. The zero-order valence-corrected chi connectivity index (χ0v) is 11.2. The Morgan fingerprint density at radius 2 is 1.75 bits per heavy atom. The SMILES string of the molecule is O=S(=O)(O)Oc1ccc(OC[C@H]2CO2)c2ccccc12. The smallest absolute Gasteiger partial charge is 0.446 e. The van der Waals surface area contributed by atoms with Crippen LogP contribution >= 0.6 is 0 Å². The molecular weight excluding hydrogens is 284 g/mol. The molecule has 1 saturated heterocycles. The summed E-state index contributed by atoms with van der Waals surface area (Å²) in [5.41, 5.74) is 0. The minimum absolute atomic E-state index is 0.0538. The van der Waals surface area contributed by atoms with Crippen LogP contribution in [0.25, 0.3) is 10.8 Å². The summed E-state index contributed by atoms with van der Waals surface area (Å²) in [4.78, 5) is 0. The number of hydrogen-bond acceptors (Lipinski definition) is 5. The van der Waals surface area contributed by atoms with Gasteiger partial charge in [-0.15, -0.1) is 0 Å². The molecule has 0 radical (unpaired) electrons. The summed E-state index contributed by atoms with van der Waals surface area (Å²) in [6.45, 7) is 1.14. The van der Waals surface area contributed by atoms with Crippen LogP contribution < -0.4 is 8.92 Å². The lowest BCUT2D eigenvalue weighted by atomic mass is 10.1. The van der Waals surface area contributed by atoms with Crippen molar-refractivity contribution < 1.29 is 26.6 Å². The Labute approximate surface area is 115 Å². The Hall–Kier alpha value is -1.83. The number of epoxide rings is 1. The maximum Gasteiger partial charge on any atom is 0.446 e. The third-order valence-electron chi connectivity index (χ3n) is 2.87. The van der Waals surface area contributed by atoms with Gasteiger partial charge in [0.05, 0.1) is 6.61 Å². The van der Waals surface area contributed by atoms with Crippen molar-refractivity contribution in [2.45, 2.75) is 6.10 Å². The normalized spacial score (nSPS) is 17.9. The molecule has 2 aromatic carbocycles. The first kappa shape index (κ1) is 13.2. The van der Waals surface area contributed by atoms with E-state index in [1.165, 1.54) is 6.07 Å². The van der Waals surface area contributed by atoms with Crippen molar-refractivity contribution in [1.82, 2.24) is 0 Å². The van der Waals surface area contributed by atoms with E-state index in [4.69, 9.17) is 14.0 Å². The number of rotatable bonds is 5. The second kappa shape index (κ2) is 4.93. The van der Waals surface area contributed by atoms with Gasteiger partial charge in [0, 0.05) is 10.8 Å². The van der Waals surface area contributed by atoms with Crippen LogP contribution in [0.5, 0.6) is 11.5 Å². The van der Waals surface area contributed by atoms with Crippen molar-refractivity contribution in [3.05, 3.63) is 36.4 Å². The average molecular weight is 296 g/mol. The van der Waals surface area contributed by atoms with E-state index in [2.05, 4.69) is 4.18 Å². The molecule has 0 spiro atoms. The molecule has 0 unspecified atom stereocenters. The summed E-state index contributed by atoms with van der Waals surface area (Å²) in [6, 6.07) is 10.1. The van der Waals surface area contributed by atoms with Crippen molar-refractivity contribution in [2.75, 3.05) is 13.2 Å². The van der Waals surface area contributed by atoms with E-state index in [0.717, 1.165) is 0 Å². The monoisotopic (exact) mass is 296 g/mol. The molecule has 1 fully saturated rings. The second-order valence-corrected chi connectivity index (χ2v) is 5.41. The highest BCUT2D eigenvalue weighted by molar-refractivity contribution is 7.81. The van der Waals surface area contributed by atoms with E-state index in [0.29, 0.717) is 29.7 Å². The fourth-order valence-corrected chi connectivity index (χ4v) is 2.28. The number of fused-ring (bicyclic) bond motifs is 1. The lowest BCUT2D eigenvalue weighted by Crippen LogP contribution is -2.08. The van der Waals surface area contributed by atoms with Crippen LogP contribution in [0, 0.1) is 0 Å². The lowest BCUT2D eigenvalue weighted by Gasteiger charge is -2.11. The van der Waals surface area contributed by atoms with E-state index in [-0.39, 0.29) is 11.9 Å². The van der Waals surface area contributed by atoms with E-state index < -0.39 is 10.4 Å². The molecule has 106 valence electrons. The first-order valence-corrected chi connectivity index (χ1v) is 7.32. The van der Waals surface area contributed by atoms with E-state index in [1.807, 2.05) is 0 Å². The molecule has 2 aromatic rings. The lowest BCUT2D eigenvalue weighted by molar-refractivity contribution is 0.265. The summed E-state index contributed by atoms with van der Waals surface area (Å²) < 4.78 is 45.7. The number of benzene rings is 2. The van der Waals surface area contributed by atoms with Gasteiger partial charge in [0.25, 0.3) is 0 Å². The van der Waals surface area contributed by atoms with Crippen molar-refractivity contribution in [3.63, 3.8) is 0 Å². The minimum Gasteiger partial charge on any atom is -0.490 e. The topological polar surface area (TPSA) is 85.4 Å². The van der Waals surface area contributed by atoms with Gasteiger partial charge in [-0.05, 0) is 12.1 Å². The van der Waals surface area contributed by atoms with Crippen molar-refractivity contribution in [2.24, 2.45) is 0 Å². The molecule has 0 aliphatic carbocycles. The highest BCUT2D eigenvalue weighted by Crippen LogP contribution is 2.34. The van der Waals surface area contributed by atoms with Crippen LogP contribution in [0.15, 0.2) is 36.4 Å². The van der Waals surface area contributed by atoms with Crippen molar-refractivity contribution in [3.8, 4) is 11.5 Å². The summed E-state index contributed by atoms with van der Waals surface area (Å²) in [5, 5.41) is 1.24. The maximum absolute atomic E-state index is 10.8. The van der Waals surface area contributed by atoms with Crippen LogP contribution in [0.3, 0.4) is 0 Å². The van der Waals surface area contributed by atoms with Gasteiger partial charge >= 0.3 is 10.4 Å². The van der Waals surface area contributed by atoms with Crippen LogP contribution in [-0.2, 0) is 15.1 Å². The predicted octanol–water partition coefficient (Wildman–Crippen LogP) is 1.80. The first-order chi connectivity index (χ1) is 9.53. The highest BCUT2D eigenvalue weighted by Gasteiger charge is 2.23. The van der Waals surface area contributed by atoms with Crippen LogP contribution in [0.1, 0.15) is 0 Å². The third kappa shape index (κ3) is 3.01. The molecule has 0 bridgehead atoms. The fourth-order valence-electron chi connectivity index (χ4n) is 1.90. The van der Waals surface area contributed by atoms with Crippen LogP contribution in [0.4, 0.5) is 0 Å². The first-order valence-electron chi connectivity index (χ1n) is 5.96. The van der Waals surface area contributed by atoms with Gasteiger partial charge < -0.3 is 13.7 Å². The Morgan fingerprint density at radius 3 is 2.35 bits per heavy atom. The molecule has 0 amide bonds. The Morgan fingerprint density at radius 1 is 1.15 bits per heavy atom. The quantitative estimate of drug-likeness (QED) is 0.669. The molecule has 1 atom stereocenters.